The summed E-state index contributed by atoms with van der Waals surface area (Å²) < 4.78 is 48.4. The minimum absolute atomic E-state index is 0.0973. The van der Waals surface area contributed by atoms with Crippen molar-refractivity contribution in [3.8, 4) is 11.5 Å². The van der Waals surface area contributed by atoms with Gasteiger partial charge in [0.25, 0.3) is 0 Å². The van der Waals surface area contributed by atoms with E-state index in [4.69, 9.17) is 14.2 Å². The highest BCUT2D eigenvalue weighted by atomic mass is 19.1. The fourth-order valence-electron chi connectivity index (χ4n) is 7.94. The van der Waals surface area contributed by atoms with E-state index in [0.717, 1.165) is 68.9 Å². The lowest BCUT2D eigenvalue weighted by molar-refractivity contribution is -0.167. The first-order valence-electron chi connectivity index (χ1n) is 14.7. The average Bonchev–Trinajstić information content (AvgIpc) is 3.50. The molecule has 4 aliphatic rings. The second-order valence-electron chi connectivity index (χ2n) is 12.0. The molecule has 7 rings (SSSR count). The molecule has 4 nitrogen and oxygen atoms in total. The number of aryl methyl sites for hydroxylation is 2. The topological polar surface area (TPSA) is 44.8 Å². The fourth-order valence-corrected chi connectivity index (χ4v) is 7.94. The third kappa shape index (κ3) is 4.10. The highest BCUT2D eigenvalue weighted by molar-refractivity contribution is 5.90. The first kappa shape index (κ1) is 25.6. The third-order valence-electron chi connectivity index (χ3n) is 9.76. The van der Waals surface area contributed by atoms with Crippen LogP contribution in [0.15, 0.2) is 48.5 Å². The molecule has 3 aromatic carbocycles. The van der Waals surface area contributed by atoms with E-state index in [9.17, 15) is 4.79 Å². The molecule has 0 radical (unpaired) electrons. The predicted octanol–water partition coefficient (Wildman–Crippen LogP) is 8.13. The largest absolute Gasteiger partial charge is 0.422 e. The lowest BCUT2D eigenvalue weighted by atomic mass is 9.75. The van der Waals surface area contributed by atoms with E-state index in [-0.39, 0.29) is 11.3 Å². The van der Waals surface area contributed by atoms with Crippen LogP contribution in [0.2, 0.25) is 0 Å². The first-order chi connectivity index (χ1) is 19.5. The SMILES string of the molecule is CCCC1CCC(c2cc(F)c(C(=O)OC3Oc4cccc5c4C4(CC5)CCc5cccc(c54)O3)c(F)c2)CC1. The van der Waals surface area contributed by atoms with Crippen LogP contribution < -0.4 is 9.47 Å². The minimum Gasteiger partial charge on any atom is -0.422 e. The molecule has 0 bridgehead atoms. The van der Waals surface area contributed by atoms with E-state index in [1.807, 2.05) is 24.3 Å². The van der Waals surface area contributed by atoms with Crippen LogP contribution in [0.3, 0.4) is 0 Å². The van der Waals surface area contributed by atoms with Crippen molar-refractivity contribution >= 4 is 5.97 Å². The van der Waals surface area contributed by atoms with Gasteiger partial charge in [0.05, 0.1) is 0 Å². The molecule has 1 spiro atoms. The van der Waals surface area contributed by atoms with Crippen molar-refractivity contribution in [2.24, 2.45) is 5.92 Å². The minimum atomic E-state index is -1.49. The summed E-state index contributed by atoms with van der Waals surface area (Å²) in [4.78, 5) is 13.2. The molecule has 6 heteroatoms. The zero-order chi connectivity index (χ0) is 27.4. The summed E-state index contributed by atoms with van der Waals surface area (Å²) in [5, 5.41) is 0. The number of carbonyl (C=O) groups excluding carboxylic acids is 1. The third-order valence-corrected chi connectivity index (χ3v) is 9.76. The van der Waals surface area contributed by atoms with Gasteiger partial charge in [0.15, 0.2) is 0 Å². The van der Waals surface area contributed by atoms with Crippen LogP contribution in [0.25, 0.3) is 0 Å². The van der Waals surface area contributed by atoms with Gasteiger partial charge in [0.2, 0.25) is 0 Å². The number of benzene rings is 3. The molecule has 0 amide bonds. The molecule has 1 heterocycles. The van der Waals surface area contributed by atoms with Crippen molar-refractivity contribution in [2.45, 2.75) is 88.9 Å². The number of hydrogen-bond acceptors (Lipinski definition) is 4. The van der Waals surface area contributed by atoms with Crippen LogP contribution in [-0.4, -0.2) is 12.4 Å². The van der Waals surface area contributed by atoms with Crippen molar-refractivity contribution in [2.75, 3.05) is 0 Å². The van der Waals surface area contributed by atoms with Crippen LogP contribution in [-0.2, 0) is 23.0 Å². The second-order valence-corrected chi connectivity index (χ2v) is 12.0. The Bertz CT molecular complexity index is 1390. The van der Waals surface area contributed by atoms with Crippen LogP contribution >= 0.6 is 0 Å². The van der Waals surface area contributed by atoms with E-state index in [0.29, 0.717) is 23.0 Å². The molecule has 0 saturated heterocycles. The fraction of sp³-hybridized carbons (Fsp3) is 0.441. The number of carbonyl (C=O) groups is 1. The molecule has 3 aromatic rings. The Labute approximate surface area is 233 Å². The zero-order valence-electron chi connectivity index (χ0n) is 22.8. The Kier molecular flexibility index (Phi) is 6.32. The van der Waals surface area contributed by atoms with Gasteiger partial charge in [-0.2, -0.15) is 0 Å². The Morgan fingerprint density at radius 1 is 0.900 bits per heavy atom. The second kappa shape index (κ2) is 9.90. The molecular weight excluding hydrogens is 510 g/mol. The molecule has 0 atom stereocenters. The smallest absolute Gasteiger partial charge is 0.408 e. The molecule has 1 fully saturated rings. The summed E-state index contributed by atoms with van der Waals surface area (Å²) in [6.07, 6.45) is 10.1. The van der Waals surface area contributed by atoms with Crippen LogP contribution in [0.5, 0.6) is 11.5 Å². The Hall–Kier alpha value is -3.41. The number of ether oxygens (including phenoxy) is 3. The van der Waals surface area contributed by atoms with Gasteiger partial charge in [-0.15, -0.1) is 0 Å². The van der Waals surface area contributed by atoms with Gasteiger partial charge >= 0.3 is 12.4 Å². The molecule has 40 heavy (non-hydrogen) atoms. The van der Waals surface area contributed by atoms with Gasteiger partial charge in [0.1, 0.15) is 28.7 Å². The Balaban J connectivity index is 1.16. The van der Waals surface area contributed by atoms with Crippen molar-refractivity contribution in [3.05, 3.63) is 93.5 Å². The number of esters is 1. The number of halogens is 2. The zero-order valence-corrected chi connectivity index (χ0v) is 22.8. The Morgan fingerprint density at radius 3 is 2.02 bits per heavy atom. The molecule has 1 aliphatic heterocycles. The molecule has 0 N–H and O–H groups in total. The van der Waals surface area contributed by atoms with Crippen molar-refractivity contribution < 1.29 is 27.8 Å². The summed E-state index contributed by atoms with van der Waals surface area (Å²) in [6, 6.07) is 14.4. The van der Waals surface area contributed by atoms with E-state index in [1.54, 1.807) is 0 Å². The molecular formula is C34H34F2O4. The molecule has 3 aliphatic carbocycles. The van der Waals surface area contributed by atoms with E-state index < -0.39 is 29.6 Å². The lowest BCUT2D eigenvalue weighted by Gasteiger charge is -2.34. The Morgan fingerprint density at radius 2 is 1.48 bits per heavy atom. The maximum absolute atomic E-state index is 15.3. The summed E-state index contributed by atoms with van der Waals surface area (Å²) in [5.74, 6) is -1.01. The highest BCUT2D eigenvalue weighted by Crippen LogP contribution is 2.58. The quantitative estimate of drug-likeness (QED) is 0.304. The maximum atomic E-state index is 15.3. The van der Waals surface area contributed by atoms with Gasteiger partial charge in [-0.25, -0.2) is 13.6 Å². The monoisotopic (exact) mass is 544 g/mol. The van der Waals surface area contributed by atoms with Gasteiger partial charge < -0.3 is 14.2 Å². The summed E-state index contributed by atoms with van der Waals surface area (Å²) >= 11 is 0. The molecule has 1 saturated carbocycles. The number of rotatable bonds is 5. The van der Waals surface area contributed by atoms with Crippen LogP contribution in [0, 0.1) is 17.6 Å². The van der Waals surface area contributed by atoms with Crippen molar-refractivity contribution in [3.63, 3.8) is 0 Å². The van der Waals surface area contributed by atoms with E-state index in [2.05, 4.69) is 19.1 Å². The summed E-state index contributed by atoms with van der Waals surface area (Å²) in [5.41, 5.74) is 4.34. The first-order valence-corrected chi connectivity index (χ1v) is 14.7. The van der Waals surface area contributed by atoms with Gasteiger partial charge in [-0.3, -0.25) is 0 Å². The molecule has 0 aromatic heterocycles. The molecule has 0 unspecified atom stereocenters. The lowest BCUT2D eigenvalue weighted by Crippen LogP contribution is -2.35. The molecule has 208 valence electrons. The van der Waals surface area contributed by atoms with Crippen molar-refractivity contribution in [1.82, 2.24) is 0 Å². The predicted molar refractivity (Wildman–Crippen MR) is 147 cm³/mol. The standard InChI is InChI=1S/C34H34F2O4/c1-2-5-20-10-12-21(13-11-20)24-18-25(35)29(26(36)19-24)32(37)40-33-38-27-8-3-6-22-14-16-34(30(22)27)17-15-23-7-4-9-28(39-33)31(23)34/h3-4,6-9,18-21,33H,2,5,10-17H2,1H3. The van der Waals surface area contributed by atoms with E-state index in [1.165, 1.54) is 29.7 Å². The summed E-state index contributed by atoms with van der Waals surface area (Å²) in [7, 11) is 0. The van der Waals surface area contributed by atoms with E-state index >= 15 is 8.78 Å². The summed E-state index contributed by atoms with van der Waals surface area (Å²) in [6.45, 7) is 0.699. The van der Waals surface area contributed by atoms with Crippen LogP contribution in [0.1, 0.15) is 102 Å². The number of hydrogen-bond donors (Lipinski definition) is 0. The van der Waals surface area contributed by atoms with Gasteiger partial charge in [-0.1, -0.05) is 44.0 Å². The van der Waals surface area contributed by atoms with Crippen LogP contribution in [0.4, 0.5) is 8.78 Å². The average molecular weight is 545 g/mol. The van der Waals surface area contributed by atoms with Gasteiger partial charge in [0, 0.05) is 16.5 Å². The van der Waals surface area contributed by atoms with Gasteiger partial charge in [-0.05, 0) is 104 Å². The van der Waals surface area contributed by atoms with Crippen molar-refractivity contribution in [1.29, 1.82) is 0 Å². The highest BCUT2D eigenvalue weighted by Gasteiger charge is 2.50. The maximum Gasteiger partial charge on any atom is 0.408 e. The normalized spacial score (nSPS) is 22.4.